The summed E-state index contributed by atoms with van der Waals surface area (Å²) < 4.78 is 0. The molecule has 0 aliphatic carbocycles. The number of rotatable bonds is 5. The molecule has 0 saturated carbocycles. The molecule has 104 valence electrons. The van der Waals surface area contributed by atoms with Crippen LogP contribution in [0.1, 0.15) is 26.3 Å². The summed E-state index contributed by atoms with van der Waals surface area (Å²) in [7, 11) is 0. The van der Waals surface area contributed by atoms with Crippen LogP contribution in [0, 0.1) is 29.6 Å². The Bertz CT molecular complexity index is 566. The molecule has 0 aliphatic rings. The van der Waals surface area contributed by atoms with Gasteiger partial charge in [0.2, 0.25) is 5.91 Å². The normalized spacial score (nSPS) is 12.9. The molecule has 0 heterocycles. The Morgan fingerprint density at radius 3 is 2.75 bits per heavy atom. The number of nitriles is 1. The Labute approximate surface area is 120 Å². The SMILES string of the molecule is C#Cc1cccc(NCC(=O)NC(C)(C#N)C(C)C)c1. The molecule has 0 fully saturated rings. The zero-order chi connectivity index (χ0) is 15.2. The van der Waals surface area contributed by atoms with Crippen LogP contribution >= 0.6 is 0 Å². The van der Waals surface area contributed by atoms with Crippen molar-refractivity contribution in [1.29, 1.82) is 5.26 Å². The topological polar surface area (TPSA) is 64.9 Å². The first kappa shape index (κ1) is 15.6. The molecule has 0 saturated heterocycles. The van der Waals surface area contributed by atoms with Crippen LogP contribution in [0.5, 0.6) is 0 Å². The number of amides is 1. The van der Waals surface area contributed by atoms with Gasteiger partial charge in [0.25, 0.3) is 0 Å². The van der Waals surface area contributed by atoms with Crippen LogP contribution in [-0.2, 0) is 4.79 Å². The molecule has 20 heavy (non-hydrogen) atoms. The number of carbonyl (C=O) groups excluding carboxylic acids is 1. The van der Waals surface area contributed by atoms with Crippen molar-refractivity contribution in [3.63, 3.8) is 0 Å². The van der Waals surface area contributed by atoms with Gasteiger partial charge in [-0.3, -0.25) is 4.79 Å². The lowest BCUT2D eigenvalue weighted by molar-refractivity contribution is -0.121. The maximum atomic E-state index is 11.9. The Morgan fingerprint density at radius 2 is 2.20 bits per heavy atom. The van der Waals surface area contributed by atoms with Gasteiger partial charge in [0, 0.05) is 11.3 Å². The van der Waals surface area contributed by atoms with Crippen molar-refractivity contribution in [2.24, 2.45) is 5.92 Å². The van der Waals surface area contributed by atoms with Gasteiger partial charge < -0.3 is 10.6 Å². The predicted molar refractivity (Wildman–Crippen MR) is 79.9 cm³/mol. The van der Waals surface area contributed by atoms with Gasteiger partial charge in [-0.25, -0.2) is 0 Å². The molecule has 1 aromatic rings. The average Bonchev–Trinajstić information content (AvgIpc) is 2.45. The lowest BCUT2D eigenvalue weighted by Crippen LogP contribution is -2.50. The second-order valence-electron chi connectivity index (χ2n) is 5.10. The van der Waals surface area contributed by atoms with Crippen LogP contribution in [0.25, 0.3) is 0 Å². The van der Waals surface area contributed by atoms with E-state index in [0.717, 1.165) is 11.3 Å². The molecule has 4 nitrogen and oxygen atoms in total. The molecule has 4 heteroatoms. The molecule has 1 unspecified atom stereocenters. The highest BCUT2D eigenvalue weighted by atomic mass is 16.2. The average molecular weight is 269 g/mol. The third-order valence-corrected chi connectivity index (χ3v) is 3.27. The number of terminal acetylenes is 1. The van der Waals surface area contributed by atoms with E-state index in [0.29, 0.717) is 0 Å². The maximum absolute atomic E-state index is 11.9. The molecule has 1 amide bonds. The van der Waals surface area contributed by atoms with E-state index in [1.165, 1.54) is 0 Å². The first-order chi connectivity index (χ1) is 9.41. The molecular formula is C16H19N3O. The molecule has 0 spiro atoms. The van der Waals surface area contributed by atoms with Gasteiger partial charge in [0.1, 0.15) is 5.54 Å². The van der Waals surface area contributed by atoms with Crippen molar-refractivity contribution in [3.8, 4) is 18.4 Å². The lowest BCUT2D eigenvalue weighted by atomic mass is 9.90. The molecule has 1 atom stereocenters. The van der Waals surface area contributed by atoms with Crippen molar-refractivity contribution < 1.29 is 4.79 Å². The Morgan fingerprint density at radius 1 is 1.50 bits per heavy atom. The van der Waals surface area contributed by atoms with Crippen LogP contribution in [-0.4, -0.2) is 18.0 Å². The van der Waals surface area contributed by atoms with Gasteiger partial charge in [0.15, 0.2) is 0 Å². The fourth-order valence-corrected chi connectivity index (χ4v) is 1.54. The highest BCUT2D eigenvalue weighted by Crippen LogP contribution is 2.15. The van der Waals surface area contributed by atoms with E-state index in [-0.39, 0.29) is 18.4 Å². The number of benzene rings is 1. The minimum Gasteiger partial charge on any atom is -0.376 e. The summed E-state index contributed by atoms with van der Waals surface area (Å²) in [5.74, 6) is 2.33. The van der Waals surface area contributed by atoms with E-state index < -0.39 is 5.54 Å². The van der Waals surface area contributed by atoms with Crippen LogP contribution in [0.2, 0.25) is 0 Å². The number of hydrogen-bond donors (Lipinski definition) is 2. The standard InChI is InChI=1S/C16H19N3O/c1-5-13-7-6-8-14(9-13)18-10-15(20)19-16(4,11-17)12(2)3/h1,6-9,12,18H,10H2,2-4H3,(H,19,20). The van der Waals surface area contributed by atoms with Crippen LogP contribution < -0.4 is 10.6 Å². The van der Waals surface area contributed by atoms with Gasteiger partial charge in [-0.15, -0.1) is 6.42 Å². The molecule has 1 rings (SSSR count). The number of nitrogens with one attached hydrogen (secondary N) is 2. The largest absolute Gasteiger partial charge is 0.376 e. The van der Waals surface area contributed by atoms with E-state index in [9.17, 15) is 4.79 Å². The third kappa shape index (κ3) is 4.03. The number of hydrogen-bond acceptors (Lipinski definition) is 3. The fourth-order valence-electron chi connectivity index (χ4n) is 1.54. The van der Waals surface area contributed by atoms with Crippen molar-refractivity contribution in [3.05, 3.63) is 29.8 Å². The van der Waals surface area contributed by atoms with Gasteiger partial charge in [-0.2, -0.15) is 5.26 Å². The van der Waals surface area contributed by atoms with Gasteiger partial charge >= 0.3 is 0 Å². The smallest absolute Gasteiger partial charge is 0.240 e. The molecule has 0 radical (unpaired) electrons. The fraction of sp³-hybridized carbons (Fsp3) is 0.375. The molecule has 2 N–H and O–H groups in total. The van der Waals surface area contributed by atoms with Crippen molar-refractivity contribution in [1.82, 2.24) is 5.32 Å². The summed E-state index contributed by atoms with van der Waals surface area (Å²) in [6.45, 7) is 5.60. The zero-order valence-corrected chi connectivity index (χ0v) is 12.0. The summed E-state index contributed by atoms with van der Waals surface area (Å²) in [4.78, 5) is 11.9. The van der Waals surface area contributed by atoms with Crippen LogP contribution in [0.4, 0.5) is 5.69 Å². The number of carbonyl (C=O) groups is 1. The van der Waals surface area contributed by atoms with Crippen molar-refractivity contribution in [2.45, 2.75) is 26.3 Å². The summed E-state index contributed by atoms with van der Waals surface area (Å²) >= 11 is 0. The number of anilines is 1. The second-order valence-corrected chi connectivity index (χ2v) is 5.10. The minimum absolute atomic E-state index is 0.0289. The van der Waals surface area contributed by atoms with Gasteiger partial charge in [-0.05, 0) is 31.0 Å². The maximum Gasteiger partial charge on any atom is 0.240 e. The summed E-state index contributed by atoms with van der Waals surface area (Å²) in [6, 6.07) is 9.40. The zero-order valence-electron chi connectivity index (χ0n) is 12.0. The van der Waals surface area contributed by atoms with Crippen molar-refractivity contribution >= 4 is 11.6 Å². The predicted octanol–water partition coefficient (Wildman–Crippen LogP) is 2.13. The summed E-state index contributed by atoms with van der Waals surface area (Å²) in [6.07, 6.45) is 5.32. The van der Waals surface area contributed by atoms with E-state index >= 15 is 0 Å². The number of nitrogens with zero attached hydrogens (tertiary/aromatic N) is 1. The quantitative estimate of drug-likeness (QED) is 0.805. The van der Waals surface area contributed by atoms with Crippen LogP contribution in [0.15, 0.2) is 24.3 Å². The minimum atomic E-state index is -0.862. The van der Waals surface area contributed by atoms with Gasteiger partial charge in [-0.1, -0.05) is 25.8 Å². The summed E-state index contributed by atoms with van der Waals surface area (Å²) in [5.41, 5.74) is 0.664. The van der Waals surface area contributed by atoms with Crippen LogP contribution in [0.3, 0.4) is 0 Å². The van der Waals surface area contributed by atoms with Crippen molar-refractivity contribution in [2.75, 3.05) is 11.9 Å². The third-order valence-electron chi connectivity index (χ3n) is 3.27. The highest BCUT2D eigenvalue weighted by Gasteiger charge is 2.29. The monoisotopic (exact) mass is 269 g/mol. The van der Waals surface area contributed by atoms with E-state index in [1.54, 1.807) is 13.0 Å². The second kappa shape index (κ2) is 6.63. The Hall–Kier alpha value is -2.46. The van der Waals surface area contributed by atoms with Gasteiger partial charge in [0.05, 0.1) is 12.6 Å². The first-order valence-electron chi connectivity index (χ1n) is 6.44. The molecular weight excluding hydrogens is 250 g/mol. The molecule has 0 aromatic heterocycles. The Balaban J connectivity index is 2.60. The Kier molecular flexibility index (Phi) is 5.17. The molecule has 1 aromatic carbocycles. The van der Waals surface area contributed by atoms with E-state index in [2.05, 4.69) is 22.6 Å². The van der Waals surface area contributed by atoms with E-state index in [4.69, 9.17) is 11.7 Å². The lowest BCUT2D eigenvalue weighted by Gasteiger charge is -2.27. The first-order valence-corrected chi connectivity index (χ1v) is 6.44. The van der Waals surface area contributed by atoms with E-state index in [1.807, 2.05) is 32.0 Å². The summed E-state index contributed by atoms with van der Waals surface area (Å²) in [5, 5.41) is 14.9. The molecule has 0 aliphatic heterocycles. The molecule has 0 bridgehead atoms. The highest BCUT2D eigenvalue weighted by molar-refractivity contribution is 5.81.